The highest BCUT2D eigenvalue weighted by molar-refractivity contribution is 7.89. The highest BCUT2D eigenvalue weighted by atomic mass is 32.2. The minimum Gasteiger partial charge on any atom is -0.497 e. The van der Waals surface area contributed by atoms with Crippen molar-refractivity contribution < 1.29 is 13.2 Å². The van der Waals surface area contributed by atoms with Gasteiger partial charge in [-0.1, -0.05) is 24.3 Å². The lowest BCUT2D eigenvalue weighted by atomic mass is 10.1. The van der Waals surface area contributed by atoms with E-state index in [1.54, 1.807) is 31.4 Å². The lowest BCUT2D eigenvalue weighted by Crippen LogP contribution is -2.48. The molecule has 1 aliphatic heterocycles. The van der Waals surface area contributed by atoms with Gasteiger partial charge in [0.25, 0.3) is 0 Å². The number of piperazine rings is 1. The number of benzene rings is 2. The molecule has 0 radical (unpaired) electrons. The maximum Gasteiger partial charge on any atom is 0.243 e. The van der Waals surface area contributed by atoms with Crippen LogP contribution in [0.3, 0.4) is 0 Å². The van der Waals surface area contributed by atoms with Gasteiger partial charge in [0.1, 0.15) is 11.6 Å². The molecule has 1 heterocycles. The van der Waals surface area contributed by atoms with Crippen molar-refractivity contribution in [1.82, 2.24) is 9.21 Å². The molecule has 27 heavy (non-hydrogen) atoms. The SMILES string of the molecule is COc1ccc(S(=O)(=O)N2CCN(Cc3ccc(C(=N)N)cc3)CC2)cc1. The Bertz CT molecular complexity index is 888. The molecule has 1 fully saturated rings. The van der Waals surface area contributed by atoms with Crippen molar-refractivity contribution in [3.8, 4) is 5.75 Å². The fourth-order valence-electron chi connectivity index (χ4n) is 3.07. The van der Waals surface area contributed by atoms with Crippen molar-refractivity contribution in [3.05, 3.63) is 59.7 Å². The number of nitrogen functional groups attached to an aromatic ring is 1. The Labute approximate surface area is 159 Å². The third-order valence-corrected chi connectivity index (χ3v) is 6.61. The van der Waals surface area contributed by atoms with E-state index in [1.807, 2.05) is 24.3 Å². The highest BCUT2D eigenvalue weighted by Gasteiger charge is 2.28. The van der Waals surface area contributed by atoms with Crippen LogP contribution in [0.15, 0.2) is 53.4 Å². The van der Waals surface area contributed by atoms with Gasteiger partial charge in [-0.2, -0.15) is 4.31 Å². The van der Waals surface area contributed by atoms with Gasteiger partial charge >= 0.3 is 0 Å². The van der Waals surface area contributed by atoms with E-state index in [1.165, 1.54) is 4.31 Å². The fourth-order valence-corrected chi connectivity index (χ4v) is 4.49. The van der Waals surface area contributed by atoms with Crippen molar-refractivity contribution in [3.63, 3.8) is 0 Å². The quantitative estimate of drug-likeness (QED) is 0.577. The fraction of sp³-hybridized carbons (Fsp3) is 0.316. The van der Waals surface area contributed by atoms with E-state index in [0.717, 1.165) is 12.1 Å². The van der Waals surface area contributed by atoms with Gasteiger partial charge in [-0.05, 0) is 29.8 Å². The summed E-state index contributed by atoms with van der Waals surface area (Å²) in [6.07, 6.45) is 0. The van der Waals surface area contributed by atoms with Gasteiger partial charge in [0.2, 0.25) is 10.0 Å². The Morgan fingerprint density at radius 3 is 2.15 bits per heavy atom. The number of rotatable bonds is 6. The van der Waals surface area contributed by atoms with Crippen LogP contribution in [0.5, 0.6) is 5.75 Å². The van der Waals surface area contributed by atoms with E-state index < -0.39 is 10.0 Å². The van der Waals surface area contributed by atoms with E-state index >= 15 is 0 Å². The number of sulfonamides is 1. The number of nitrogens with one attached hydrogen (secondary N) is 1. The number of amidine groups is 1. The van der Waals surface area contributed by atoms with Gasteiger partial charge in [0.15, 0.2) is 0 Å². The number of methoxy groups -OCH3 is 1. The standard InChI is InChI=1S/C19H24N4O3S/c1-26-17-6-8-18(9-7-17)27(24,25)23-12-10-22(11-13-23)14-15-2-4-16(5-3-15)19(20)21/h2-9H,10-14H2,1H3,(H3,20,21). The lowest BCUT2D eigenvalue weighted by molar-refractivity contribution is 0.181. The van der Waals surface area contributed by atoms with Crippen LogP contribution in [0, 0.1) is 5.41 Å². The summed E-state index contributed by atoms with van der Waals surface area (Å²) in [6, 6.07) is 14.1. The Balaban J connectivity index is 1.59. The van der Waals surface area contributed by atoms with Crippen LogP contribution in [-0.2, 0) is 16.6 Å². The second-order valence-electron chi connectivity index (χ2n) is 6.47. The third kappa shape index (κ3) is 4.47. The van der Waals surface area contributed by atoms with Gasteiger partial charge in [-0.3, -0.25) is 10.3 Å². The average molecular weight is 388 g/mol. The van der Waals surface area contributed by atoms with Gasteiger partial charge in [0.05, 0.1) is 12.0 Å². The first-order valence-electron chi connectivity index (χ1n) is 8.70. The molecule has 8 heteroatoms. The zero-order valence-corrected chi connectivity index (χ0v) is 16.1. The Hall–Kier alpha value is -2.42. The monoisotopic (exact) mass is 388 g/mol. The van der Waals surface area contributed by atoms with Crippen LogP contribution in [0.4, 0.5) is 0 Å². The predicted octanol–water partition coefficient (Wildman–Crippen LogP) is 1.49. The molecule has 0 aromatic heterocycles. The van der Waals surface area contributed by atoms with E-state index in [4.69, 9.17) is 15.9 Å². The molecule has 0 spiro atoms. The highest BCUT2D eigenvalue weighted by Crippen LogP contribution is 2.21. The summed E-state index contributed by atoms with van der Waals surface area (Å²) >= 11 is 0. The van der Waals surface area contributed by atoms with Gasteiger partial charge in [-0.15, -0.1) is 0 Å². The van der Waals surface area contributed by atoms with E-state index in [-0.39, 0.29) is 10.7 Å². The van der Waals surface area contributed by atoms with Crippen LogP contribution >= 0.6 is 0 Å². The van der Waals surface area contributed by atoms with E-state index in [2.05, 4.69) is 4.90 Å². The molecular formula is C19H24N4O3S. The topological polar surface area (TPSA) is 99.7 Å². The molecule has 0 atom stereocenters. The molecule has 144 valence electrons. The van der Waals surface area contributed by atoms with Crippen molar-refractivity contribution in [1.29, 1.82) is 5.41 Å². The summed E-state index contributed by atoms with van der Waals surface area (Å²) in [5.74, 6) is 0.688. The van der Waals surface area contributed by atoms with Crippen molar-refractivity contribution in [2.45, 2.75) is 11.4 Å². The summed E-state index contributed by atoms with van der Waals surface area (Å²) in [7, 11) is -1.93. The molecule has 2 aromatic rings. The van der Waals surface area contributed by atoms with Crippen LogP contribution in [0.1, 0.15) is 11.1 Å². The van der Waals surface area contributed by atoms with E-state index in [9.17, 15) is 8.42 Å². The molecule has 1 aliphatic rings. The molecule has 1 saturated heterocycles. The molecule has 0 unspecified atom stereocenters. The molecule has 3 rings (SSSR count). The molecule has 0 bridgehead atoms. The first kappa shape index (κ1) is 19.3. The summed E-state index contributed by atoms with van der Waals surface area (Å²) in [5, 5.41) is 7.43. The number of nitrogens with two attached hydrogens (primary N) is 1. The summed E-state index contributed by atoms with van der Waals surface area (Å²) in [5.41, 5.74) is 7.29. The van der Waals surface area contributed by atoms with Crippen LogP contribution in [0.2, 0.25) is 0 Å². The Morgan fingerprint density at radius 1 is 1.04 bits per heavy atom. The minimum atomic E-state index is -3.48. The maximum atomic E-state index is 12.8. The van der Waals surface area contributed by atoms with Gasteiger partial charge in [0, 0.05) is 38.3 Å². The zero-order valence-electron chi connectivity index (χ0n) is 15.3. The molecular weight excluding hydrogens is 364 g/mol. The largest absolute Gasteiger partial charge is 0.497 e. The summed E-state index contributed by atoms with van der Waals surface area (Å²) in [6.45, 7) is 3.00. The predicted molar refractivity (Wildman–Crippen MR) is 104 cm³/mol. The molecule has 0 saturated carbocycles. The number of hydrogen-bond acceptors (Lipinski definition) is 5. The normalized spacial score (nSPS) is 16.2. The van der Waals surface area contributed by atoms with E-state index in [0.29, 0.717) is 37.5 Å². The molecule has 7 nitrogen and oxygen atoms in total. The minimum absolute atomic E-state index is 0.0545. The van der Waals surface area contributed by atoms with Crippen LogP contribution in [0.25, 0.3) is 0 Å². The smallest absolute Gasteiger partial charge is 0.243 e. The van der Waals surface area contributed by atoms with Gasteiger partial charge in [-0.25, -0.2) is 8.42 Å². The number of ether oxygens (including phenoxy) is 1. The third-order valence-electron chi connectivity index (χ3n) is 4.70. The Kier molecular flexibility index (Phi) is 5.79. The molecule has 3 N–H and O–H groups in total. The summed E-state index contributed by atoms with van der Waals surface area (Å²) < 4.78 is 32.2. The van der Waals surface area contributed by atoms with Crippen molar-refractivity contribution in [2.24, 2.45) is 5.73 Å². The number of nitrogens with zero attached hydrogens (tertiary/aromatic N) is 2. The first-order valence-corrected chi connectivity index (χ1v) is 10.1. The lowest BCUT2D eigenvalue weighted by Gasteiger charge is -2.34. The zero-order chi connectivity index (χ0) is 19.4. The molecule has 0 aliphatic carbocycles. The average Bonchev–Trinajstić information content (AvgIpc) is 2.69. The summed E-state index contributed by atoms with van der Waals surface area (Å²) in [4.78, 5) is 2.51. The van der Waals surface area contributed by atoms with Crippen LogP contribution < -0.4 is 10.5 Å². The Morgan fingerprint density at radius 2 is 1.63 bits per heavy atom. The van der Waals surface area contributed by atoms with Crippen molar-refractivity contribution >= 4 is 15.9 Å². The van der Waals surface area contributed by atoms with Crippen molar-refractivity contribution in [2.75, 3.05) is 33.3 Å². The molecule has 2 aromatic carbocycles. The van der Waals surface area contributed by atoms with Gasteiger partial charge < -0.3 is 10.5 Å². The molecule has 0 amide bonds. The van der Waals surface area contributed by atoms with Crippen LogP contribution in [-0.4, -0.2) is 56.7 Å². The first-order chi connectivity index (χ1) is 12.9. The second-order valence-corrected chi connectivity index (χ2v) is 8.40. The number of hydrogen-bond donors (Lipinski definition) is 2. The maximum absolute atomic E-state index is 12.8. The second kappa shape index (κ2) is 8.08.